The van der Waals surface area contributed by atoms with Gasteiger partial charge >= 0.3 is 0 Å². The van der Waals surface area contributed by atoms with Gasteiger partial charge in [0.2, 0.25) is 0 Å². The Morgan fingerprint density at radius 3 is 3.00 bits per heavy atom. The number of aromatic nitrogens is 4. The molecule has 2 N–H and O–H groups in total. The summed E-state index contributed by atoms with van der Waals surface area (Å²) in [6, 6.07) is 4.13. The topological polar surface area (TPSA) is 72.9 Å². The molecular weight excluding hydrogens is 240 g/mol. The Morgan fingerprint density at radius 1 is 1.37 bits per heavy atom. The minimum Gasteiger partial charge on any atom is -0.361 e. The molecule has 0 saturated heterocycles. The molecule has 19 heavy (non-hydrogen) atoms. The molecular formula is C13H18N6. The maximum Gasteiger partial charge on any atom is 0.152 e. The van der Waals surface area contributed by atoms with Crippen LogP contribution < -0.4 is 10.6 Å². The third kappa shape index (κ3) is 2.31. The van der Waals surface area contributed by atoms with Crippen LogP contribution in [-0.4, -0.2) is 26.3 Å². The SMILES string of the molecule is CC[C@@H](N)c1ccc(N2CCn3cnnc3C2)cn1. The minimum absolute atomic E-state index is 0.0264. The van der Waals surface area contributed by atoms with E-state index >= 15 is 0 Å². The lowest BCUT2D eigenvalue weighted by Crippen LogP contribution is -2.33. The first-order valence-corrected chi connectivity index (χ1v) is 6.61. The van der Waals surface area contributed by atoms with Crippen molar-refractivity contribution in [2.24, 2.45) is 5.73 Å². The third-order valence-electron chi connectivity index (χ3n) is 3.59. The van der Waals surface area contributed by atoms with Crippen molar-refractivity contribution in [2.75, 3.05) is 11.4 Å². The lowest BCUT2D eigenvalue weighted by atomic mass is 10.1. The molecule has 2 aromatic heterocycles. The average molecular weight is 258 g/mol. The Labute approximate surface area is 112 Å². The van der Waals surface area contributed by atoms with Crippen LogP contribution in [-0.2, 0) is 13.1 Å². The molecule has 0 fully saturated rings. The standard InChI is InChI=1S/C13H18N6/c1-2-11(14)12-4-3-10(7-15-12)18-5-6-19-9-16-17-13(19)8-18/h3-4,7,9,11H,2,5-6,8,14H2,1H3/t11-/m1/s1. The molecule has 6 heteroatoms. The summed E-state index contributed by atoms with van der Waals surface area (Å²) in [5.41, 5.74) is 8.04. The summed E-state index contributed by atoms with van der Waals surface area (Å²) in [6.07, 6.45) is 4.59. The first kappa shape index (κ1) is 12.1. The fourth-order valence-electron chi connectivity index (χ4n) is 2.30. The molecule has 0 aliphatic carbocycles. The molecule has 1 aliphatic rings. The van der Waals surface area contributed by atoms with Crippen molar-refractivity contribution >= 4 is 5.69 Å². The number of hydrogen-bond donors (Lipinski definition) is 1. The molecule has 3 heterocycles. The van der Waals surface area contributed by atoms with Crippen LogP contribution in [0.2, 0.25) is 0 Å². The van der Waals surface area contributed by atoms with Gasteiger partial charge in [0.25, 0.3) is 0 Å². The van der Waals surface area contributed by atoms with Crippen LogP contribution in [0.5, 0.6) is 0 Å². The van der Waals surface area contributed by atoms with Crippen molar-refractivity contribution in [2.45, 2.75) is 32.5 Å². The number of pyridine rings is 1. The van der Waals surface area contributed by atoms with E-state index in [9.17, 15) is 0 Å². The molecule has 3 rings (SSSR count). The number of anilines is 1. The van der Waals surface area contributed by atoms with Crippen molar-refractivity contribution in [3.8, 4) is 0 Å². The lowest BCUT2D eigenvalue weighted by molar-refractivity contribution is 0.559. The van der Waals surface area contributed by atoms with E-state index < -0.39 is 0 Å². The zero-order chi connectivity index (χ0) is 13.2. The number of nitrogens with zero attached hydrogens (tertiary/aromatic N) is 5. The monoisotopic (exact) mass is 258 g/mol. The molecule has 0 spiro atoms. The second kappa shape index (κ2) is 4.97. The van der Waals surface area contributed by atoms with E-state index in [1.807, 2.05) is 12.3 Å². The van der Waals surface area contributed by atoms with Gasteiger partial charge in [-0.1, -0.05) is 6.92 Å². The van der Waals surface area contributed by atoms with Gasteiger partial charge < -0.3 is 15.2 Å². The predicted octanol–water partition coefficient (Wildman–Crippen LogP) is 1.10. The van der Waals surface area contributed by atoms with Crippen LogP contribution in [0.1, 0.15) is 30.9 Å². The minimum atomic E-state index is 0.0264. The Bertz CT molecular complexity index is 547. The zero-order valence-corrected chi connectivity index (χ0v) is 11.0. The van der Waals surface area contributed by atoms with E-state index in [4.69, 9.17) is 5.73 Å². The van der Waals surface area contributed by atoms with Crippen LogP contribution in [0.3, 0.4) is 0 Å². The van der Waals surface area contributed by atoms with Gasteiger partial charge in [0.1, 0.15) is 6.33 Å². The predicted molar refractivity (Wildman–Crippen MR) is 72.5 cm³/mol. The third-order valence-corrected chi connectivity index (χ3v) is 3.59. The van der Waals surface area contributed by atoms with E-state index in [0.29, 0.717) is 0 Å². The average Bonchev–Trinajstić information content (AvgIpc) is 2.94. The summed E-state index contributed by atoms with van der Waals surface area (Å²) in [5, 5.41) is 8.06. The van der Waals surface area contributed by atoms with Crippen LogP contribution in [0, 0.1) is 0 Å². The van der Waals surface area contributed by atoms with E-state index in [-0.39, 0.29) is 6.04 Å². The Kier molecular flexibility index (Phi) is 3.16. The highest BCUT2D eigenvalue weighted by molar-refractivity contribution is 5.45. The van der Waals surface area contributed by atoms with Crippen molar-refractivity contribution in [3.63, 3.8) is 0 Å². The molecule has 0 saturated carbocycles. The van der Waals surface area contributed by atoms with Gasteiger partial charge in [0.15, 0.2) is 5.82 Å². The zero-order valence-electron chi connectivity index (χ0n) is 11.0. The first-order chi connectivity index (χ1) is 9.28. The number of hydrogen-bond acceptors (Lipinski definition) is 5. The number of fused-ring (bicyclic) bond motifs is 1. The Morgan fingerprint density at radius 2 is 2.26 bits per heavy atom. The molecule has 2 aromatic rings. The van der Waals surface area contributed by atoms with Crippen LogP contribution >= 0.6 is 0 Å². The Balaban J connectivity index is 1.77. The second-order valence-corrected chi connectivity index (χ2v) is 4.82. The fraction of sp³-hybridized carbons (Fsp3) is 0.462. The number of rotatable bonds is 3. The summed E-state index contributed by atoms with van der Waals surface area (Å²) < 4.78 is 2.09. The van der Waals surface area contributed by atoms with E-state index in [0.717, 1.165) is 43.3 Å². The summed E-state index contributed by atoms with van der Waals surface area (Å²) in [6.45, 7) is 4.71. The van der Waals surface area contributed by atoms with E-state index in [1.165, 1.54) is 0 Å². The van der Waals surface area contributed by atoms with Crippen LogP contribution in [0.25, 0.3) is 0 Å². The summed E-state index contributed by atoms with van der Waals surface area (Å²) in [5.74, 6) is 1.00. The maximum absolute atomic E-state index is 5.97. The van der Waals surface area contributed by atoms with Gasteiger partial charge in [0, 0.05) is 19.1 Å². The molecule has 0 unspecified atom stereocenters. The molecule has 1 aliphatic heterocycles. The molecule has 1 atom stereocenters. The smallest absolute Gasteiger partial charge is 0.152 e. The van der Waals surface area contributed by atoms with Gasteiger partial charge in [-0.15, -0.1) is 10.2 Å². The van der Waals surface area contributed by atoms with Crippen molar-refractivity contribution in [3.05, 3.63) is 36.2 Å². The molecule has 6 nitrogen and oxygen atoms in total. The largest absolute Gasteiger partial charge is 0.361 e. The van der Waals surface area contributed by atoms with E-state index in [2.05, 4.69) is 37.6 Å². The van der Waals surface area contributed by atoms with Gasteiger partial charge in [-0.2, -0.15) is 0 Å². The summed E-state index contributed by atoms with van der Waals surface area (Å²) in [7, 11) is 0. The maximum atomic E-state index is 5.97. The summed E-state index contributed by atoms with van der Waals surface area (Å²) >= 11 is 0. The highest BCUT2D eigenvalue weighted by Gasteiger charge is 2.18. The van der Waals surface area contributed by atoms with Crippen molar-refractivity contribution in [1.82, 2.24) is 19.7 Å². The normalized spacial score (nSPS) is 16.2. The highest BCUT2D eigenvalue weighted by atomic mass is 15.3. The summed E-state index contributed by atoms with van der Waals surface area (Å²) in [4.78, 5) is 6.72. The fourth-order valence-corrected chi connectivity index (χ4v) is 2.30. The lowest BCUT2D eigenvalue weighted by Gasteiger charge is -2.28. The second-order valence-electron chi connectivity index (χ2n) is 4.82. The molecule has 100 valence electrons. The van der Waals surface area contributed by atoms with Crippen LogP contribution in [0.4, 0.5) is 5.69 Å². The van der Waals surface area contributed by atoms with Crippen LogP contribution in [0.15, 0.2) is 24.7 Å². The van der Waals surface area contributed by atoms with E-state index in [1.54, 1.807) is 6.33 Å². The molecule has 0 amide bonds. The Hall–Kier alpha value is -1.95. The highest BCUT2D eigenvalue weighted by Crippen LogP contribution is 2.20. The first-order valence-electron chi connectivity index (χ1n) is 6.61. The van der Waals surface area contributed by atoms with Gasteiger partial charge in [-0.3, -0.25) is 4.98 Å². The number of nitrogens with two attached hydrogens (primary N) is 1. The quantitative estimate of drug-likeness (QED) is 0.892. The van der Waals surface area contributed by atoms with Crippen molar-refractivity contribution in [1.29, 1.82) is 0 Å². The van der Waals surface area contributed by atoms with Gasteiger partial charge in [-0.05, 0) is 18.6 Å². The van der Waals surface area contributed by atoms with Gasteiger partial charge in [-0.25, -0.2) is 0 Å². The molecule has 0 bridgehead atoms. The van der Waals surface area contributed by atoms with Crippen molar-refractivity contribution < 1.29 is 0 Å². The molecule has 0 aromatic carbocycles. The molecule has 0 radical (unpaired) electrons. The van der Waals surface area contributed by atoms with Gasteiger partial charge in [0.05, 0.1) is 24.1 Å².